The van der Waals surface area contributed by atoms with E-state index in [1.165, 1.54) is 0 Å². The minimum Gasteiger partial charge on any atom is -0.496 e. The first-order valence-electron chi connectivity index (χ1n) is 7.29. The summed E-state index contributed by atoms with van der Waals surface area (Å²) in [7, 11) is 3.17. The molecule has 0 aliphatic carbocycles. The molecule has 0 radical (unpaired) electrons. The monoisotopic (exact) mass is 296 g/mol. The SMILES string of the molecule is CCOC1(C(O)c2c(OC)cccc2OC)CCOCC1. The summed E-state index contributed by atoms with van der Waals surface area (Å²) in [6.07, 6.45) is 0.458. The highest BCUT2D eigenvalue weighted by molar-refractivity contribution is 5.47. The Balaban J connectivity index is 2.42. The van der Waals surface area contributed by atoms with Gasteiger partial charge in [0.15, 0.2) is 0 Å². The van der Waals surface area contributed by atoms with Gasteiger partial charge in [-0.1, -0.05) is 6.07 Å². The van der Waals surface area contributed by atoms with Crippen molar-refractivity contribution in [2.75, 3.05) is 34.0 Å². The molecule has 21 heavy (non-hydrogen) atoms. The lowest BCUT2D eigenvalue weighted by molar-refractivity contribution is -0.168. The Labute approximate surface area is 125 Å². The summed E-state index contributed by atoms with van der Waals surface area (Å²) in [6, 6.07) is 5.48. The van der Waals surface area contributed by atoms with Gasteiger partial charge < -0.3 is 24.1 Å². The Morgan fingerprint density at radius 3 is 2.24 bits per heavy atom. The molecule has 1 unspecified atom stereocenters. The van der Waals surface area contributed by atoms with E-state index < -0.39 is 11.7 Å². The molecule has 2 rings (SSSR count). The first-order chi connectivity index (χ1) is 10.2. The lowest BCUT2D eigenvalue weighted by Crippen LogP contribution is -2.44. The molecule has 5 nitrogen and oxygen atoms in total. The van der Waals surface area contributed by atoms with E-state index in [2.05, 4.69) is 0 Å². The molecule has 1 heterocycles. The molecule has 118 valence electrons. The van der Waals surface area contributed by atoms with Gasteiger partial charge in [-0.15, -0.1) is 0 Å². The van der Waals surface area contributed by atoms with E-state index in [0.717, 1.165) is 0 Å². The molecule has 0 aromatic heterocycles. The van der Waals surface area contributed by atoms with Gasteiger partial charge in [0, 0.05) is 32.7 Å². The van der Waals surface area contributed by atoms with Crippen LogP contribution in [-0.4, -0.2) is 44.7 Å². The maximum absolute atomic E-state index is 11.0. The predicted octanol–water partition coefficient (Wildman–Crippen LogP) is 2.32. The Bertz CT molecular complexity index is 426. The van der Waals surface area contributed by atoms with Crippen LogP contribution in [0, 0.1) is 0 Å². The molecule has 1 aliphatic rings. The van der Waals surface area contributed by atoms with Crippen LogP contribution in [0.5, 0.6) is 11.5 Å². The minimum absolute atomic E-state index is 0.536. The number of ether oxygens (including phenoxy) is 4. The van der Waals surface area contributed by atoms with Gasteiger partial charge in [0.1, 0.15) is 23.2 Å². The molecule has 5 heteroatoms. The van der Waals surface area contributed by atoms with Crippen LogP contribution < -0.4 is 9.47 Å². The molecule has 0 bridgehead atoms. The average Bonchev–Trinajstić information content (AvgIpc) is 2.54. The van der Waals surface area contributed by atoms with Crippen molar-refractivity contribution in [2.45, 2.75) is 31.5 Å². The number of aliphatic hydroxyl groups excluding tert-OH is 1. The second-order valence-corrected chi connectivity index (χ2v) is 5.09. The van der Waals surface area contributed by atoms with Crippen LogP contribution in [0.3, 0.4) is 0 Å². The number of benzene rings is 1. The third-order valence-electron chi connectivity index (χ3n) is 4.01. The summed E-state index contributed by atoms with van der Waals surface area (Å²) in [5, 5.41) is 11.0. The van der Waals surface area contributed by atoms with Crippen molar-refractivity contribution in [3.8, 4) is 11.5 Å². The summed E-state index contributed by atoms with van der Waals surface area (Å²) in [4.78, 5) is 0. The fourth-order valence-corrected chi connectivity index (χ4v) is 2.91. The van der Waals surface area contributed by atoms with Gasteiger partial charge in [0.2, 0.25) is 0 Å². The highest BCUT2D eigenvalue weighted by Crippen LogP contribution is 2.44. The molecule has 1 saturated heterocycles. The van der Waals surface area contributed by atoms with Crippen LogP contribution >= 0.6 is 0 Å². The number of hydrogen-bond donors (Lipinski definition) is 1. The largest absolute Gasteiger partial charge is 0.496 e. The zero-order valence-electron chi connectivity index (χ0n) is 12.9. The fraction of sp³-hybridized carbons (Fsp3) is 0.625. The minimum atomic E-state index is -0.826. The molecule has 1 aromatic rings. The maximum Gasteiger partial charge on any atom is 0.128 e. The lowest BCUT2D eigenvalue weighted by atomic mass is 9.83. The summed E-state index contributed by atoms with van der Waals surface area (Å²) < 4.78 is 22.2. The highest BCUT2D eigenvalue weighted by Gasteiger charge is 2.43. The standard InChI is InChI=1S/C16H24O5/c1-4-21-16(8-10-20-11-9-16)15(17)14-12(18-2)6-5-7-13(14)19-3/h5-7,15,17H,4,8-11H2,1-3H3. The molecule has 1 aromatic carbocycles. The summed E-state index contributed by atoms with van der Waals surface area (Å²) >= 11 is 0. The average molecular weight is 296 g/mol. The second kappa shape index (κ2) is 7.11. The molecule has 1 N–H and O–H groups in total. The van der Waals surface area contributed by atoms with E-state index in [4.69, 9.17) is 18.9 Å². The lowest BCUT2D eigenvalue weighted by Gasteiger charge is -2.41. The van der Waals surface area contributed by atoms with Crippen LogP contribution in [0.15, 0.2) is 18.2 Å². The molecule has 0 saturated carbocycles. The van der Waals surface area contributed by atoms with Crippen LogP contribution in [-0.2, 0) is 9.47 Å². The normalized spacial score (nSPS) is 19.0. The van der Waals surface area contributed by atoms with E-state index in [1.54, 1.807) is 14.2 Å². The number of aliphatic hydroxyl groups is 1. The van der Waals surface area contributed by atoms with Gasteiger partial charge in [0.25, 0.3) is 0 Å². The molecule has 1 atom stereocenters. The second-order valence-electron chi connectivity index (χ2n) is 5.09. The Morgan fingerprint density at radius 2 is 1.76 bits per heavy atom. The van der Waals surface area contributed by atoms with Crippen molar-refractivity contribution in [3.63, 3.8) is 0 Å². The summed E-state index contributed by atoms with van der Waals surface area (Å²) in [5.41, 5.74) is -0.0209. The third kappa shape index (κ3) is 3.15. The number of methoxy groups -OCH3 is 2. The molecule has 1 aliphatic heterocycles. The maximum atomic E-state index is 11.0. The van der Waals surface area contributed by atoms with Gasteiger partial charge >= 0.3 is 0 Å². The van der Waals surface area contributed by atoms with Crippen molar-refractivity contribution >= 4 is 0 Å². The molecule has 0 spiro atoms. The van der Waals surface area contributed by atoms with Crippen molar-refractivity contribution in [2.24, 2.45) is 0 Å². The van der Waals surface area contributed by atoms with Gasteiger partial charge in [-0.05, 0) is 19.1 Å². The third-order valence-corrected chi connectivity index (χ3v) is 4.01. The predicted molar refractivity (Wildman–Crippen MR) is 78.9 cm³/mol. The van der Waals surface area contributed by atoms with Gasteiger partial charge in [0.05, 0.1) is 19.8 Å². The van der Waals surface area contributed by atoms with E-state index >= 15 is 0 Å². The van der Waals surface area contributed by atoms with E-state index in [0.29, 0.717) is 49.7 Å². The topological polar surface area (TPSA) is 57.2 Å². The van der Waals surface area contributed by atoms with E-state index in [-0.39, 0.29) is 0 Å². The van der Waals surface area contributed by atoms with E-state index in [1.807, 2.05) is 25.1 Å². The Hall–Kier alpha value is -1.30. The number of rotatable bonds is 6. The quantitative estimate of drug-likeness (QED) is 0.873. The van der Waals surface area contributed by atoms with Crippen LogP contribution in [0.1, 0.15) is 31.4 Å². The summed E-state index contributed by atoms with van der Waals surface area (Å²) in [5.74, 6) is 1.21. The first kappa shape index (κ1) is 16.1. The Kier molecular flexibility index (Phi) is 5.45. The van der Waals surface area contributed by atoms with Crippen molar-refractivity contribution in [3.05, 3.63) is 23.8 Å². The van der Waals surface area contributed by atoms with E-state index in [9.17, 15) is 5.11 Å². The summed E-state index contributed by atoms with van der Waals surface area (Å²) in [6.45, 7) is 3.63. The molecule has 1 fully saturated rings. The van der Waals surface area contributed by atoms with Gasteiger partial charge in [-0.3, -0.25) is 0 Å². The smallest absolute Gasteiger partial charge is 0.128 e. The van der Waals surface area contributed by atoms with Crippen LogP contribution in [0.4, 0.5) is 0 Å². The molecule has 0 amide bonds. The van der Waals surface area contributed by atoms with Crippen molar-refractivity contribution in [1.82, 2.24) is 0 Å². The Morgan fingerprint density at radius 1 is 1.19 bits per heavy atom. The van der Waals surface area contributed by atoms with Crippen molar-refractivity contribution < 1.29 is 24.1 Å². The first-order valence-corrected chi connectivity index (χ1v) is 7.29. The molecular formula is C16H24O5. The van der Waals surface area contributed by atoms with Crippen LogP contribution in [0.2, 0.25) is 0 Å². The van der Waals surface area contributed by atoms with Gasteiger partial charge in [-0.2, -0.15) is 0 Å². The number of hydrogen-bond acceptors (Lipinski definition) is 5. The van der Waals surface area contributed by atoms with Crippen LogP contribution in [0.25, 0.3) is 0 Å². The zero-order chi connectivity index (χ0) is 15.3. The van der Waals surface area contributed by atoms with Crippen molar-refractivity contribution in [1.29, 1.82) is 0 Å². The zero-order valence-corrected chi connectivity index (χ0v) is 12.9. The van der Waals surface area contributed by atoms with Gasteiger partial charge in [-0.25, -0.2) is 0 Å². The molecular weight excluding hydrogens is 272 g/mol. The highest BCUT2D eigenvalue weighted by atomic mass is 16.5. The fourth-order valence-electron chi connectivity index (χ4n) is 2.91.